The van der Waals surface area contributed by atoms with Crippen molar-refractivity contribution in [2.24, 2.45) is 11.7 Å². The Kier molecular flexibility index (Phi) is 4.78. The number of nitrogens with two attached hydrogens (primary N) is 1. The van der Waals surface area contributed by atoms with Gasteiger partial charge in [0.25, 0.3) is 0 Å². The Hall–Kier alpha value is -1.96. The van der Waals surface area contributed by atoms with E-state index in [1.54, 1.807) is 0 Å². The molecule has 0 saturated carbocycles. The minimum Gasteiger partial charge on any atom is -0.480 e. The topological polar surface area (TPSA) is 123 Å². The van der Waals surface area contributed by atoms with Crippen LogP contribution in [0.2, 0.25) is 0 Å². The van der Waals surface area contributed by atoms with Crippen LogP contribution in [0.1, 0.15) is 19.5 Å². The SMILES string of the molecule is CC(C)[C@H](N)C(=O)NCc1cn(CC(=O)O)nn1. The smallest absolute Gasteiger partial charge is 0.325 e. The largest absolute Gasteiger partial charge is 0.480 e. The number of carbonyl (C=O) groups excluding carboxylic acids is 1. The molecule has 100 valence electrons. The van der Waals surface area contributed by atoms with Gasteiger partial charge in [0.2, 0.25) is 5.91 Å². The van der Waals surface area contributed by atoms with Gasteiger partial charge in [-0.15, -0.1) is 5.10 Å². The molecule has 1 amide bonds. The monoisotopic (exact) mass is 255 g/mol. The highest BCUT2D eigenvalue weighted by Crippen LogP contribution is 1.99. The van der Waals surface area contributed by atoms with E-state index in [2.05, 4.69) is 15.6 Å². The Bertz CT molecular complexity index is 429. The molecule has 1 heterocycles. The Balaban J connectivity index is 2.46. The minimum absolute atomic E-state index is 0.0488. The van der Waals surface area contributed by atoms with Crippen LogP contribution in [0.15, 0.2) is 6.20 Å². The molecular weight excluding hydrogens is 238 g/mol. The van der Waals surface area contributed by atoms with E-state index in [4.69, 9.17) is 10.8 Å². The fraction of sp³-hybridized carbons (Fsp3) is 0.600. The summed E-state index contributed by atoms with van der Waals surface area (Å²) in [4.78, 5) is 22.0. The Morgan fingerprint density at radius 1 is 1.56 bits per heavy atom. The third-order valence-corrected chi connectivity index (χ3v) is 2.35. The number of nitrogens with one attached hydrogen (secondary N) is 1. The van der Waals surface area contributed by atoms with Crippen LogP contribution in [-0.4, -0.2) is 38.0 Å². The highest BCUT2D eigenvalue weighted by atomic mass is 16.4. The molecule has 0 aliphatic rings. The third kappa shape index (κ3) is 4.13. The quantitative estimate of drug-likeness (QED) is 0.596. The molecule has 4 N–H and O–H groups in total. The number of carboxylic acids is 1. The van der Waals surface area contributed by atoms with E-state index in [0.717, 1.165) is 0 Å². The summed E-state index contributed by atoms with van der Waals surface area (Å²) in [6, 6.07) is -0.570. The average molecular weight is 255 g/mol. The molecule has 0 saturated heterocycles. The molecule has 8 nitrogen and oxygen atoms in total. The van der Waals surface area contributed by atoms with Crippen LogP contribution in [0.4, 0.5) is 0 Å². The van der Waals surface area contributed by atoms with Crippen LogP contribution in [0.25, 0.3) is 0 Å². The lowest BCUT2D eigenvalue weighted by Gasteiger charge is -2.14. The molecule has 0 aliphatic heterocycles. The summed E-state index contributed by atoms with van der Waals surface area (Å²) in [5, 5.41) is 18.5. The zero-order chi connectivity index (χ0) is 13.7. The number of aromatic nitrogens is 3. The molecule has 1 atom stereocenters. The van der Waals surface area contributed by atoms with E-state index in [1.807, 2.05) is 13.8 Å². The highest BCUT2D eigenvalue weighted by molar-refractivity contribution is 5.81. The molecule has 1 aromatic rings. The highest BCUT2D eigenvalue weighted by Gasteiger charge is 2.17. The Morgan fingerprint density at radius 3 is 2.78 bits per heavy atom. The lowest BCUT2D eigenvalue weighted by atomic mass is 10.1. The summed E-state index contributed by atoms with van der Waals surface area (Å²) >= 11 is 0. The van der Waals surface area contributed by atoms with Crippen LogP contribution in [-0.2, 0) is 22.7 Å². The molecule has 8 heteroatoms. The summed E-state index contributed by atoms with van der Waals surface area (Å²) < 4.78 is 1.19. The summed E-state index contributed by atoms with van der Waals surface area (Å²) in [5.74, 6) is -1.22. The van der Waals surface area contributed by atoms with Gasteiger partial charge in [-0.05, 0) is 5.92 Å². The first-order valence-corrected chi connectivity index (χ1v) is 5.54. The molecule has 1 aromatic heterocycles. The predicted molar refractivity (Wildman–Crippen MR) is 62.3 cm³/mol. The number of rotatable bonds is 6. The van der Waals surface area contributed by atoms with Crippen molar-refractivity contribution in [3.8, 4) is 0 Å². The van der Waals surface area contributed by atoms with E-state index in [-0.39, 0.29) is 24.9 Å². The lowest BCUT2D eigenvalue weighted by molar-refractivity contribution is -0.138. The van der Waals surface area contributed by atoms with E-state index >= 15 is 0 Å². The van der Waals surface area contributed by atoms with Gasteiger partial charge in [-0.3, -0.25) is 9.59 Å². The number of nitrogens with zero attached hydrogens (tertiary/aromatic N) is 3. The van der Waals surface area contributed by atoms with Gasteiger partial charge >= 0.3 is 5.97 Å². The molecule has 1 rings (SSSR count). The second kappa shape index (κ2) is 6.10. The number of carboxylic acid groups (broad SMARTS) is 1. The maximum absolute atomic E-state index is 11.6. The van der Waals surface area contributed by atoms with Crippen molar-refractivity contribution in [3.05, 3.63) is 11.9 Å². The van der Waals surface area contributed by atoms with Crippen LogP contribution in [0, 0.1) is 5.92 Å². The zero-order valence-corrected chi connectivity index (χ0v) is 10.3. The lowest BCUT2D eigenvalue weighted by Crippen LogP contribution is -2.43. The van der Waals surface area contributed by atoms with Gasteiger partial charge in [-0.1, -0.05) is 19.1 Å². The molecule has 0 aliphatic carbocycles. The standard InChI is InChI=1S/C10H17N5O3/c1-6(2)9(11)10(18)12-3-7-4-15(14-13-7)5-8(16)17/h4,6,9H,3,5,11H2,1-2H3,(H,12,18)(H,16,17)/t9-/m0/s1. The average Bonchev–Trinajstić information content (AvgIpc) is 2.71. The van der Waals surface area contributed by atoms with Crippen LogP contribution < -0.4 is 11.1 Å². The van der Waals surface area contributed by atoms with E-state index in [0.29, 0.717) is 5.69 Å². The van der Waals surface area contributed by atoms with Gasteiger partial charge in [-0.2, -0.15) is 0 Å². The zero-order valence-electron chi connectivity index (χ0n) is 10.3. The second-order valence-corrected chi connectivity index (χ2v) is 4.29. The normalized spacial score (nSPS) is 12.4. The van der Waals surface area contributed by atoms with Crippen molar-refractivity contribution in [2.45, 2.75) is 33.0 Å². The number of hydrogen-bond donors (Lipinski definition) is 3. The predicted octanol–water partition coefficient (Wildman–Crippen LogP) is -1.04. The summed E-state index contributed by atoms with van der Waals surface area (Å²) in [6.45, 7) is 3.63. The van der Waals surface area contributed by atoms with E-state index < -0.39 is 12.0 Å². The van der Waals surface area contributed by atoms with E-state index in [1.165, 1.54) is 10.9 Å². The molecule has 0 bridgehead atoms. The Morgan fingerprint density at radius 2 is 2.22 bits per heavy atom. The van der Waals surface area contributed by atoms with Gasteiger partial charge in [0, 0.05) is 0 Å². The van der Waals surface area contributed by atoms with E-state index in [9.17, 15) is 9.59 Å². The first-order chi connectivity index (χ1) is 8.40. The first-order valence-electron chi connectivity index (χ1n) is 5.54. The number of amides is 1. The second-order valence-electron chi connectivity index (χ2n) is 4.29. The van der Waals surface area contributed by atoms with Crippen molar-refractivity contribution < 1.29 is 14.7 Å². The number of aliphatic carboxylic acids is 1. The molecule has 0 fully saturated rings. The van der Waals surface area contributed by atoms with Crippen molar-refractivity contribution >= 4 is 11.9 Å². The molecule has 0 aromatic carbocycles. The van der Waals surface area contributed by atoms with Gasteiger partial charge in [0.05, 0.1) is 18.8 Å². The van der Waals surface area contributed by atoms with Gasteiger partial charge in [0.15, 0.2) is 0 Å². The maximum Gasteiger partial charge on any atom is 0.325 e. The van der Waals surface area contributed by atoms with Crippen molar-refractivity contribution in [1.82, 2.24) is 20.3 Å². The maximum atomic E-state index is 11.6. The van der Waals surface area contributed by atoms with Crippen molar-refractivity contribution in [2.75, 3.05) is 0 Å². The summed E-state index contributed by atoms with van der Waals surface area (Å²) in [7, 11) is 0. The molecule has 18 heavy (non-hydrogen) atoms. The number of hydrogen-bond acceptors (Lipinski definition) is 5. The first kappa shape index (κ1) is 14.1. The Labute approximate surface area is 104 Å². The van der Waals surface area contributed by atoms with Crippen molar-refractivity contribution in [1.29, 1.82) is 0 Å². The van der Waals surface area contributed by atoms with Gasteiger partial charge in [0.1, 0.15) is 12.2 Å². The summed E-state index contributed by atoms with van der Waals surface area (Å²) in [5.41, 5.74) is 6.15. The molecule has 0 radical (unpaired) electrons. The van der Waals surface area contributed by atoms with Crippen LogP contribution >= 0.6 is 0 Å². The molecular formula is C10H17N5O3. The van der Waals surface area contributed by atoms with Crippen molar-refractivity contribution in [3.63, 3.8) is 0 Å². The van der Waals surface area contributed by atoms with Crippen LogP contribution in [0.5, 0.6) is 0 Å². The minimum atomic E-state index is -1.00. The molecule has 0 unspecified atom stereocenters. The fourth-order valence-electron chi connectivity index (χ4n) is 1.23. The summed E-state index contributed by atoms with van der Waals surface area (Å²) in [6.07, 6.45) is 1.47. The van der Waals surface area contributed by atoms with Gasteiger partial charge < -0.3 is 16.2 Å². The molecule has 0 spiro atoms. The third-order valence-electron chi connectivity index (χ3n) is 2.35. The van der Waals surface area contributed by atoms with Crippen LogP contribution in [0.3, 0.4) is 0 Å². The fourth-order valence-corrected chi connectivity index (χ4v) is 1.23. The number of carbonyl (C=O) groups is 2. The van der Waals surface area contributed by atoms with Gasteiger partial charge in [-0.25, -0.2) is 4.68 Å².